The average Bonchev–Trinajstić information content (AvgIpc) is 2.39. The maximum atomic E-state index is 12.2. The number of carbonyl (C=O) groups excluding carboxylic acids is 1. The minimum absolute atomic E-state index is 0.0617. The first-order chi connectivity index (χ1) is 9.38. The first-order valence-electron chi connectivity index (χ1n) is 6.81. The van der Waals surface area contributed by atoms with Crippen molar-refractivity contribution in [2.75, 3.05) is 26.7 Å². The molecule has 0 aromatic heterocycles. The Morgan fingerprint density at radius 1 is 1.40 bits per heavy atom. The van der Waals surface area contributed by atoms with Crippen molar-refractivity contribution in [1.29, 1.82) is 0 Å². The zero-order chi connectivity index (χ0) is 14.8. The fourth-order valence-corrected chi connectivity index (χ4v) is 3.28. The SMILES string of the molecule is CN1CCC(C)(CNC(=O)c2cc(Cl)cc(Br)c2)CC1. The third-order valence-corrected chi connectivity index (χ3v) is 4.67. The molecule has 5 heteroatoms. The zero-order valence-corrected chi connectivity index (χ0v) is 14.2. The Balaban J connectivity index is 1.95. The van der Waals surface area contributed by atoms with Crippen LogP contribution in [0.25, 0.3) is 0 Å². The van der Waals surface area contributed by atoms with E-state index < -0.39 is 0 Å². The summed E-state index contributed by atoms with van der Waals surface area (Å²) >= 11 is 9.33. The highest BCUT2D eigenvalue weighted by atomic mass is 79.9. The number of nitrogens with zero attached hydrogens (tertiary/aromatic N) is 1. The molecule has 0 spiro atoms. The van der Waals surface area contributed by atoms with Gasteiger partial charge in [0.1, 0.15) is 0 Å². The number of rotatable bonds is 3. The van der Waals surface area contributed by atoms with Crippen LogP contribution in [0, 0.1) is 5.41 Å². The van der Waals surface area contributed by atoms with E-state index in [0.29, 0.717) is 17.1 Å². The van der Waals surface area contributed by atoms with Crippen LogP contribution in [0.4, 0.5) is 0 Å². The van der Waals surface area contributed by atoms with Gasteiger partial charge in [0.25, 0.3) is 5.91 Å². The molecule has 0 atom stereocenters. The third-order valence-electron chi connectivity index (χ3n) is 3.99. The molecule has 0 saturated carbocycles. The van der Waals surface area contributed by atoms with Crippen molar-refractivity contribution in [1.82, 2.24) is 10.2 Å². The molecule has 1 amide bonds. The van der Waals surface area contributed by atoms with Crippen molar-refractivity contribution in [3.05, 3.63) is 33.3 Å². The van der Waals surface area contributed by atoms with Crippen molar-refractivity contribution in [2.24, 2.45) is 5.41 Å². The number of hydrogen-bond donors (Lipinski definition) is 1. The van der Waals surface area contributed by atoms with E-state index in [2.05, 4.69) is 40.1 Å². The third kappa shape index (κ3) is 4.21. The molecule has 3 nitrogen and oxygen atoms in total. The van der Waals surface area contributed by atoms with Gasteiger partial charge in [-0.05, 0) is 56.6 Å². The van der Waals surface area contributed by atoms with E-state index in [1.54, 1.807) is 18.2 Å². The lowest BCUT2D eigenvalue weighted by Crippen LogP contribution is -2.43. The Morgan fingerprint density at radius 3 is 2.65 bits per heavy atom. The predicted molar refractivity (Wildman–Crippen MR) is 86.3 cm³/mol. The van der Waals surface area contributed by atoms with Crippen molar-refractivity contribution in [3.8, 4) is 0 Å². The van der Waals surface area contributed by atoms with Crippen LogP contribution in [0.5, 0.6) is 0 Å². The summed E-state index contributed by atoms with van der Waals surface area (Å²) in [6.07, 6.45) is 2.23. The van der Waals surface area contributed by atoms with Gasteiger partial charge in [0.2, 0.25) is 0 Å². The van der Waals surface area contributed by atoms with Gasteiger partial charge in [-0.1, -0.05) is 34.5 Å². The lowest BCUT2D eigenvalue weighted by molar-refractivity contribution is 0.0891. The second-order valence-corrected chi connectivity index (χ2v) is 7.31. The Bertz CT molecular complexity index is 478. The van der Waals surface area contributed by atoms with E-state index in [1.807, 2.05) is 0 Å². The summed E-state index contributed by atoms with van der Waals surface area (Å²) in [6, 6.07) is 5.26. The number of amides is 1. The van der Waals surface area contributed by atoms with E-state index >= 15 is 0 Å². The van der Waals surface area contributed by atoms with E-state index in [4.69, 9.17) is 11.6 Å². The van der Waals surface area contributed by atoms with E-state index in [0.717, 1.165) is 30.4 Å². The van der Waals surface area contributed by atoms with E-state index in [-0.39, 0.29) is 11.3 Å². The molecule has 0 bridgehead atoms. The minimum atomic E-state index is -0.0617. The number of carbonyl (C=O) groups is 1. The summed E-state index contributed by atoms with van der Waals surface area (Å²) in [6.45, 7) is 5.14. The molecule has 0 radical (unpaired) electrons. The molecule has 1 aromatic carbocycles. The molecule has 2 rings (SSSR count). The van der Waals surface area contributed by atoms with Crippen molar-refractivity contribution in [3.63, 3.8) is 0 Å². The highest BCUT2D eigenvalue weighted by Crippen LogP contribution is 2.29. The van der Waals surface area contributed by atoms with Crippen LogP contribution in [-0.4, -0.2) is 37.5 Å². The Labute approximate surface area is 133 Å². The second kappa shape index (κ2) is 6.46. The summed E-state index contributed by atoms with van der Waals surface area (Å²) in [4.78, 5) is 14.5. The predicted octanol–water partition coefficient (Wildman–Crippen LogP) is 3.56. The van der Waals surface area contributed by atoms with Crippen LogP contribution in [-0.2, 0) is 0 Å². The molecule has 20 heavy (non-hydrogen) atoms. The number of piperidine rings is 1. The first-order valence-corrected chi connectivity index (χ1v) is 7.98. The van der Waals surface area contributed by atoms with Crippen LogP contribution < -0.4 is 5.32 Å². The highest BCUT2D eigenvalue weighted by molar-refractivity contribution is 9.10. The van der Waals surface area contributed by atoms with Gasteiger partial charge in [-0.2, -0.15) is 0 Å². The molecule has 1 heterocycles. The summed E-state index contributed by atoms with van der Waals surface area (Å²) in [5.74, 6) is -0.0617. The number of halogens is 2. The second-order valence-electron chi connectivity index (χ2n) is 5.95. The number of benzene rings is 1. The standard InChI is InChI=1S/C15H20BrClN2O/c1-15(3-5-19(2)6-4-15)10-18-14(20)11-7-12(16)9-13(17)8-11/h7-9H,3-6,10H2,1-2H3,(H,18,20). The fraction of sp³-hybridized carbons (Fsp3) is 0.533. The average molecular weight is 360 g/mol. The van der Waals surface area contributed by atoms with Crippen LogP contribution >= 0.6 is 27.5 Å². The van der Waals surface area contributed by atoms with Gasteiger partial charge in [-0.3, -0.25) is 4.79 Å². The van der Waals surface area contributed by atoms with Crippen LogP contribution in [0.2, 0.25) is 5.02 Å². The topological polar surface area (TPSA) is 32.3 Å². The first kappa shape index (κ1) is 15.8. The number of likely N-dealkylation sites (tertiary alicyclic amines) is 1. The van der Waals surface area contributed by atoms with Gasteiger partial charge in [0.15, 0.2) is 0 Å². The molecule has 1 saturated heterocycles. The monoisotopic (exact) mass is 358 g/mol. The lowest BCUT2D eigenvalue weighted by Gasteiger charge is -2.37. The minimum Gasteiger partial charge on any atom is -0.351 e. The van der Waals surface area contributed by atoms with Gasteiger partial charge in [0.05, 0.1) is 0 Å². The molecule has 0 unspecified atom stereocenters. The maximum Gasteiger partial charge on any atom is 0.251 e. The van der Waals surface area contributed by atoms with Gasteiger partial charge in [0, 0.05) is 21.6 Å². The largest absolute Gasteiger partial charge is 0.351 e. The quantitative estimate of drug-likeness (QED) is 0.895. The Hall–Kier alpha value is -0.580. The summed E-state index contributed by atoms with van der Waals surface area (Å²) in [5, 5.41) is 3.61. The van der Waals surface area contributed by atoms with Crippen molar-refractivity contribution < 1.29 is 4.79 Å². The van der Waals surface area contributed by atoms with E-state index in [1.165, 1.54) is 0 Å². The molecule has 1 fully saturated rings. The van der Waals surface area contributed by atoms with Gasteiger partial charge < -0.3 is 10.2 Å². The molecule has 1 aliphatic rings. The molecular formula is C15H20BrClN2O. The molecular weight excluding hydrogens is 340 g/mol. The highest BCUT2D eigenvalue weighted by Gasteiger charge is 2.29. The van der Waals surface area contributed by atoms with Gasteiger partial charge in [-0.15, -0.1) is 0 Å². The van der Waals surface area contributed by atoms with Crippen molar-refractivity contribution in [2.45, 2.75) is 19.8 Å². The van der Waals surface area contributed by atoms with Crippen LogP contribution in [0.15, 0.2) is 22.7 Å². The van der Waals surface area contributed by atoms with E-state index in [9.17, 15) is 4.79 Å². The van der Waals surface area contributed by atoms with Gasteiger partial charge in [-0.25, -0.2) is 0 Å². The summed E-state index contributed by atoms with van der Waals surface area (Å²) in [5.41, 5.74) is 0.790. The summed E-state index contributed by atoms with van der Waals surface area (Å²) < 4.78 is 0.820. The normalized spacial score (nSPS) is 18.8. The van der Waals surface area contributed by atoms with Gasteiger partial charge >= 0.3 is 0 Å². The summed E-state index contributed by atoms with van der Waals surface area (Å²) in [7, 11) is 2.14. The van der Waals surface area contributed by atoms with Crippen LogP contribution in [0.1, 0.15) is 30.1 Å². The molecule has 0 aliphatic carbocycles. The molecule has 1 aromatic rings. The maximum absolute atomic E-state index is 12.2. The Morgan fingerprint density at radius 2 is 2.05 bits per heavy atom. The molecule has 1 N–H and O–H groups in total. The smallest absolute Gasteiger partial charge is 0.251 e. The molecule has 110 valence electrons. The molecule has 1 aliphatic heterocycles. The zero-order valence-electron chi connectivity index (χ0n) is 11.9. The Kier molecular flexibility index (Phi) is 5.10. The van der Waals surface area contributed by atoms with Crippen molar-refractivity contribution >= 4 is 33.4 Å². The fourth-order valence-electron chi connectivity index (χ4n) is 2.42. The number of hydrogen-bond acceptors (Lipinski definition) is 2. The van der Waals surface area contributed by atoms with Crippen LogP contribution in [0.3, 0.4) is 0 Å². The number of nitrogens with one attached hydrogen (secondary N) is 1. The lowest BCUT2D eigenvalue weighted by atomic mass is 9.80.